The monoisotopic (exact) mass is 349 g/mol. The van der Waals surface area contributed by atoms with Crippen molar-refractivity contribution >= 4 is 32.8 Å². The van der Waals surface area contributed by atoms with Gasteiger partial charge in [-0.1, -0.05) is 15.9 Å². The summed E-state index contributed by atoms with van der Waals surface area (Å²) in [5, 5.41) is 0. The van der Waals surface area contributed by atoms with Gasteiger partial charge in [0.2, 0.25) is 0 Å². The van der Waals surface area contributed by atoms with Crippen LogP contribution < -0.4 is 5.76 Å². The Bertz CT molecular complexity index is 926. The molecule has 1 heterocycles. The molecule has 2 aromatic carbocycles. The fourth-order valence-electron chi connectivity index (χ4n) is 2.10. The van der Waals surface area contributed by atoms with Gasteiger partial charge < -0.3 is 4.42 Å². The molecule has 0 aliphatic rings. The normalized spacial score (nSPS) is 11.0. The summed E-state index contributed by atoms with van der Waals surface area (Å²) in [6.45, 7) is 0. The highest BCUT2D eigenvalue weighted by Crippen LogP contribution is 2.23. The van der Waals surface area contributed by atoms with Crippen molar-refractivity contribution < 1.29 is 13.6 Å². The smallest absolute Gasteiger partial charge is 0.408 e. The average Bonchev–Trinajstić information content (AvgIpc) is 2.75. The van der Waals surface area contributed by atoms with Crippen LogP contribution in [0, 0.1) is 5.82 Å². The molecule has 6 heteroatoms. The van der Waals surface area contributed by atoms with Crippen molar-refractivity contribution in [2.24, 2.45) is 7.05 Å². The Morgan fingerprint density at radius 3 is 2.76 bits per heavy atom. The molecule has 106 valence electrons. The predicted octanol–water partition coefficient (Wildman–Crippen LogP) is 3.26. The first kappa shape index (κ1) is 13.8. The zero-order valence-corrected chi connectivity index (χ0v) is 12.5. The van der Waals surface area contributed by atoms with Gasteiger partial charge in [-0.05, 0) is 36.4 Å². The number of aryl methyl sites for hydroxylation is 1. The van der Waals surface area contributed by atoms with E-state index in [4.69, 9.17) is 4.42 Å². The van der Waals surface area contributed by atoms with Gasteiger partial charge in [0.1, 0.15) is 5.82 Å². The van der Waals surface area contributed by atoms with E-state index in [1.54, 1.807) is 19.2 Å². The molecule has 0 saturated heterocycles. The predicted molar refractivity (Wildman–Crippen MR) is 79.0 cm³/mol. The Morgan fingerprint density at radius 1 is 1.24 bits per heavy atom. The van der Waals surface area contributed by atoms with Crippen molar-refractivity contribution in [1.29, 1.82) is 0 Å². The van der Waals surface area contributed by atoms with Crippen LogP contribution in [0.15, 0.2) is 50.1 Å². The largest absolute Gasteiger partial charge is 0.419 e. The molecule has 0 bridgehead atoms. The van der Waals surface area contributed by atoms with E-state index in [1.807, 2.05) is 0 Å². The minimum Gasteiger partial charge on any atom is -0.408 e. The summed E-state index contributed by atoms with van der Waals surface area (Å²) in [7, 11) is 1.58. The highest BCUT2D eigenvalue weighted by Gasteiger charge is 2.16. The third-order valence-electron chi connectivity index (χ3n) is 3.23. The summed E-state index contributed by atoms with van der Waals surface area (Å²) in [6.07, 6.45) is 0. The summed E-state index contributed by atoms with van der Waals surface area (Å²) in [5.41, 5.74) is 1.45. The number of rotatable bonds is 2. The van der Waals surface area contributed by atoms with E-state index in [2.05, 4.69) is 15.9 Å². The molecule has 3 rings (SSSR count). The van der Waals surface area contributed by atoms with Gasteiger partial charge >= 0.3 is 5.76 Å². The summed E-state index contributed by atoms with van der Waals surface area (Å²) in [5.74, 6) is -1.34. The molecular formula is C15H9BrFNO3. The number of carbonyl (C=O) groups excluding carboxylic acids is 1. The van der Waals surface area contributed by atoms with Gasteiger partial charge in [0, 0.05) is 22.6 Å². The minimum atomic E-state index is -0.499. The van der Waals surface area contributed by atoms with Gasteiger partial charge in [-0.3, -0.25) is 9.36 Å². The lowest BCUT2D eigenvalue weighted by atomic mass is 10.0. The molecule has 0 amide bonds. The number of fused-ring (bicyclic) bond motifs is 1. The molecule has 0 N–H and O–H groups in total. The van der Waals surface area contributed by atoms with Gasteiger partial charge in [0.05, 0.1) is 5.52 Å². The zero-order valence-electron chi connectivity index (χ0n) is 10.9. The van der Waals surface area contributed by atoms with Gasteiger partial charge in [0.15, 0.2) is 11.4 Å². The summed E-state index contributed by atoms with van der Waals surface area (Å²) in [6, 6.07) is 8.59. The Hall–Kier alpha value is -2.21. The Balaban J connectivity index is 2.13. The fourth-order valence-corrected chi connectivity index (χ4v) is 2.53. The van der Waals surface area contributed by atoms with Crippen molar-refractivity contribution in [2.45, 2.75) is 0 Å². The van der Waals surface area contributed by atoms with E-state index in [9.17, 15) is 14.0 Å². The highest BCUT2D eigenvalue weighted by molar-refractivity contribution is 9.10. The van der Waals surface area contributed by atoms with E-state index in [1.165, 1.54) is 22.8 Å². The minimum absolute atomic E-state index is 0.215. The molecule has 0 atom stereocenters. The third kappa shape index (κ3) is 2.31. The topological polar surface area (TPSA) is 52.2 Å². The number of oxazole rings is 1. The first-order valence-corrected chi connectivity index (χ1v) is 6.86. The van der Waals surface area contributed by atoms with Gasteiger partial charge in [-0.25, -0.2) is 9.18 Å². The molecule has 0 fully saturated rings. The number of nitrogens with zero attached hydrogens (tertiary/aromatic N) is 1. The first-order chi connectivity index (χ1) is 9.97. The fraction of sp³-hybridized carbons (Fsp3) is 0.0667. The molecular weight excluding hydrogens is 341 g/mol. The lowest BCUT2D eigenvalue weighted by molar-refractivity contribution is 0.103. The number of carbonyl (C=O) groups is 1. The number of hydrogen-bond acceptors (Lipinski definition) is 3. The van der Waals surface area contributed by atoms with Crippen LogP contribution in [0.1, 0.15) is 15.9 Å². The van der Waals surface area contributed by atoms with Crippen molar-refractivity contribution in [2.75, 3.05) is 0 Å². The second-order valence-corrected chi connectivity index (χ2v) is 5.42. The summed E-state index contributed by atoms with van der Waals surface area (Å²) in [4.78, 5) is 23.9. The lowest BCUT2D eigenvalue weighted by Gasteiger charge is -2.04. The van der Waals surface area contributed by atoms with Crippen LogP contribution in [-0.4, -0.2) is 10.4 Å². The van der Waals surface area contributed by atoms with E-state index in [-0.39, 0.29) is 11.3 Å². The molecule has 1 aromatic heterocycles. The van der Waals surface area contributed by atoms with Crippen LogP contribution in [0.2, 0.25) is 0 Å². The highest BCUT2D eigenvalue weighted by atomic mass is 79.9. The quantitative estimate of drug-likeness (QED) is 0.667. The SMILES string of the molecule is Cn1c(=O)oc2cc(C(=O)c3cc(F)ccc3Br)ccc21. The second kappa shape index (κ2) is 4.96. The average molecular weight is 350 g/mol. The van der Waals surface area contributed by atoms with Crippen molar-refractivity contribution in [1.82, 2.24) is 4.57 Å². The number of benzene rings is 2. The summed E-state index contributed by atoms with van der Waals surface area (Å²) < 4.78 is 20.2. The van der Waals surface area contributed by atoms with E-state index in [0.717, 1.165) is 6.07 Å². The Kier molecular flexibility index (Phi) is 3.25. The van der Waals surface area contributed by atoms with Gasteiger partial charge in [-0.15, -0.1) is 0 Å². The lowest BCUT2D eigenvalue weighted by Crippen LogP contribution is -2.08. The molecule has 0 aliphatic carbocycles. The molecule has 0 aliphatic heterocycles. The second-order valence-electron chi connectivity index (χ2n) is 4.56. The van der Waals surface area contributed by atoms with Crippen molar-refractivity contribution in [3.63, 3.8) is 0 Å². The first-order valence-electron chi connectivity index (χ1n) is 6.06. The van der Waals surface area contributed by atoms with Crippen LogP contribution in [0.4, 0.5) is 4.39 Å². The van der Waals surface area contributed by atoms with Crippen LogP contribution >= 0.6 is 15.9 Å². The van der Waals surface area contributed by atoms with Gasteiger partial charge in [0.25, 0.3) is 0 Å². The zero-order chi connectivity index (χ0) is 15.1. The number of ketones is 1. The maximum Gasteiger partial charge on any atom is 0.419 e. The van der Waals surface area contributed by atoms with Crippen LogP contribution in [-0.2, 0) is 7.05 Å². The van der Waals surface area contributed by atoms with Crippen LogP contribution in [0.25, 0.3) is 11.1 Å². The maximum atomic E-state index is 13.3. The standard InChI is InChI=1S/C15H9BrFNO3/c1-18-12-5-2-8(6-13(12)21-15(18)20)14(19)10-7-9(17)3-4-11(10)16/h2-7H,1H3. The molecule has 4 nitrogen and oxygen atoms in total. The van der Waals surface area contributed by atoms with E-state index >= 15 is 0 Å². The summed E-state index contributed by atoms with van der Waals surface area (Å²) >= 11 is 3.23. The molecule has 0 saturated carbocycles. The molecule has 3 aromatic rings. The van der Waals surface area contributed by atoms with Crippen LogP contribution in [0.3, 0.4) is 0 Å². The Labute approximate surface area is 126 Å². The number of aromatic nitrogens is 1. The molecule has 0 spiro atoms. The Morgan fingerprint density at radius 2 is 2.00 bits per heavy atom. The number of hydrogen-bond donors (Lipinski definition) is 0. The van der Waals surface area contributed by atoms with Crippen molar-refractivity contribution in [3.8, 4) is 0 Å². The molecule has 21 heavy (non-hydrogen) atoms. The van der Waals surface area contributed by atoms with E-state index in [0.29, 0.717) is 21.1 Å². The molecule has 0 unspecified atom stereocenters. The third-order valence-corrected chi connectivity index (χ3v) is 3.92. The maximum absolute atomic E-state index is 13.3. The van der Waals surface area contributed by atoms with E-state index < -0.39 is 11.6 Å². The van der Waals surface area contributed by atoms with Crippen molar-refractivity contribution in [3.05, 3.63) is 68.4 Å². The number of halogens is 2. The molecule has 0 radical (unpaired) electrons. The van der Waals surface area contributed by atoms with Crippen LogP contribution in [0.5, 0.6) is 0 Å². The van der Waals surface area contributed by atoms with Gasteiger partial charge in [-0.2, -0.15) is 0 Å².